The molecule has 2 heteroatoms. The van der Waals surface area contributed by atoms with Crippen molar-refractivity contribution >= 4 is 0 Å². The van der Waals surface area contributed by atoms with E-state index < -0.39 is 0 Å². The van der Waals surface area contributed by atoms with Gasteiger partial charge in [0.25, 0.3) is 0 Å². The standard InChI is InChI=1S/C10H12FN/c1-7-10-3-2-9(11)6-8(10)4-5-12-7/h2-3,6-7,12H,4-5H2,1H3/t7-/m0/s1. The second-order valence-electron chi connectivity index (χ2n) is 3.27. The second-order valence-corrected chi connectivity index (χ2v) is 3.27. The van der Waals surface area contributed by atoms with Crippen LogP contribution in [0.5, 0.6) is 0 Å². The third-order valence-corrected chi connectivity index (χ3v) is 2.42. The molecule has 0 spiro atoms. The molecular weight excluding hydrogens is 153 g/mol. The highest BCUT2D eigenvalue weighted by Crippen LogP contribution is 2.22. The molecule has 1 aromatic rings. The van der Waals surface area contributed by atoms with E-state index in [1.807, 2.05) is 6.07 Å². The average Bonchev–Trinajstić information content (AvgIpc) is 2.04. The van der Waals surface area contributed by atoms with Crippen LogP contribution in [0.25, 0.3) is 0 Å². The fourth-order valence-corrected chi connectivity index (χ4v) is 1.75. The van der Waals surface area contributed by atoms with Gasteiger partial charge in [0.05, 0.1) is 0 Å². The third kappa shape index (κ3) is 1.23. The molecule has 0 fully saturated rings. The molecule has 0 aliphatic carbocycles. The van der Waals surface area contributed by atoms with Crippen LogP contribution in [0.2, 0.25) is 0 Å². The molecular formula is C10H12FN. The molecule has 64 valence electrons. The molecule has 12 heavy (non-hydrogen) atoms. The second kappa shape index (κ2) is 2.87. The normalized spacial score (nSPS) is 22.0. The Balaban J connectivity index is 2.46. The van der Waals surface area contributed by atoms with Crippen LogP contribution < -0.4 is 5.32 Å². The average molecular weight is 165 g/mol. The van der Waals surface area contributed by atoms with Gasteiger partial charge in [0.1, 0.15) is 5.82 Å². The highest BCUT2D eigenvalue weighted by molar-refractivity contribution is 5.32. The van der Waals surface area contributed by atoms with E-state index in [0.29, 0.717) is 6.04 Å². The summed E-state index contributed by atoms with van der Waals surface area (Å²) >= 11 is 0. The van der Waals surface area contributed by atoms with Crippen LogP contribution in [0.3, 0.4) is 0 Å². The van der Waals surface area contributed by atoms with Crippen molar-refractivity contribution in [1.82, 2.24) is 5.32 Å². The Labute approximate surface area is 71.6 Å². The predicted molar refractivity (Wildman–Crippen MR) is 46.5 cm³/mol. The van der Waals surface area contributed by atoms with Gasteiger partial charge < -0.3 is 5.32 Å². The van der Waals surface area contributed by atoms with Gasteiger partial charge >= 0.3 is 0 Å². The lowest BCUT2D eigenvalue weighted by atomic mass is 9.95. The van der Waals surface area contributed by atoms with E-state index in [0.717, 1.165) is 18.5 Å². The maximum atomic E-state index is 12.8. The van der Waals surface area contributed by atoms with Crippen molar-refractivity contribution < 1.29 is 4.39 Å². The van der Waals surface area contributed by atoms with Crippen molar-refractivity contribution in [3.05, 3.63) is 35.1 Å². The molecule has 1 aliphatic heterocycles. The predicted octanol–water partition coefficient (Wildman–Crippen LogP) is 2.03. The van der Waals surface area contributed by atoms with Crippen molar-refractivity contribution in [2.24, 2.45) is 0 Å². The monoisotopic (exact) mass is 165 g/mol. The molecule has 1 heterocycles. The van der Waals surface area contributed by atoms with Crippen molar-refractivity contribution in [2.45, 2.75) is 19.4 Å². The zero-order valence-electron chi connectivity index (χ0n) is 7.10. The smallest absolute Gasteiger partial charge is 0.123 e. The lowest BCUT2D eigenvalue weighted by molar-refractivity contribution is 0.534. The van der Waals surface area contributed by atoms with Crippen LogP contribution in [0.1, 0.15) is 24.1 Å². The molecule has 0 saturated carbocycles. The highest BCUT2D eigenvalue weighted by Gasteiger charge is 2.15. The highest BCUT2D eigenvalue weighted by atomic mass is 19.1. The summed E-state index contributed by atoms with van der Waals surface area (Å²) in [5.41, 5.74) is 2.39. The molecule has 0 saturated heterocycles. The lowest BCUT2D eigenvalue weighted by Gasteiger charge is -2.23. The van der Waals surface area contributed by atoms with Gasteiger partial charge in [-0.15, -0.1) is 0 Å². The van der Waals surface area contributed by atoms with Gasteiger partial charge in [0.15, 0.2) is 0 Å². The first kappa shape index (κ1) is 7.74. The van der Waals surface area contributed by atoms with Crippen molar-refractivity contribution in [3.63, 3.8) is 0 Å². The van der Waals surface area contributed by atoms with Crippen molar-refractivity contribution in [2.75, 3.05) is 6.54 Å². The van der Waals surface area contributed by atoms with E-state index in [-0.39, 0.29) is 5.82 Å². The van der Waals surface area contributed by atoms with Gasteiger partial charge in [0, 0.05) is 6.04 Å². The Hall–Kier alpha value is -0.890. The summed E-state index contributed by atoms with van der Waals surface area (Å²) in [6, 6.07) is 5.42. The number of hydrogen-bond donors (Lipinski definition) is 1. The first-order chi connectivity index (χ1) is 5.77. The largest absolute Gasteiger partial charge is 0.310 e. The molecule has 1 aromatic carbocycles. The minimum atomic E-state index is -0.122. The topological polar surface area (TPSA) is 12.0 Å². The summed E-state index contributed by atoms with van der Waals surface area (Å²) in [7, 11) is 0. The minimum absolute atomic E-state index is 0.122. The van der Waals surface area contributed by atoms with Crippen LogP contribution >= 0.6 is 0 Å². The molecule has 1 nitrogen and oxygen atoms in total. The van der Waals surface area contributed by atoms with Gasteiger partial charge in [-0.05, 0) is 43.1 Å². The summed E-state index contributed by atoms with van der Waals surface area (Å²) in [6.45, 7) is 3.06. The summed E-state index contributed by atoms with van der Waals surface area (Å²) < 4.78 is 12.8. The van der Waals surface area contributed by atoms with E-state index in [4.69, 9.17) is 0 Å². The zero-order valence-corrected chi connectivity index (χ0v) is 7.10. The lowest BCUT2D eigenvalue weighted by Crippen LogP contribution is -2.27. The van der Waals surface area contributed by atoms with Crippen molar-refractivity contribution in [1.29, 1.82) is 0 Å². The molecule has 0 radical (unpaired) electrons. The summed E-state index contributed by atoms with van der Waals surface area (Å²) in [6.07, 6.45) is 0.942. The molecule has 2 rings (SSSR count). The maximum Gasteiger partial charge on any atom is 0.123 e. The number of benzene rings is 1. The zero-order chi connectivity index (χ0) is 8.55. The van der Waals surface area contributed by atoms with Crippen LogP contribution in [-0.2, 0) is 6.42 Å². The molecule has 0 unspecified atom stereocenters. The fourth-order valence-electron chi connectivity index (χ4n) is 1.75. The van der Waals surface area contributed by atoms with Crippen LogP contribution in [-0.4, -0.2) is 6.54 Å². The SMILES string of the molecule is C[C@@H]1NCCc2cc(F)ccc21. The van der Waals surface area contributed by atoms with E-state index in [9.17, 15) is 4.39 Å². The fraction of sp³-hybridized carbons (Fsp3) is 0.400. The first-order valence-corrected chi connectivity index (χ1v) is 4.29. The number of halogens is 1. The van der Waals surface area contributed by atoms with Gasteiger partial charge in [-0.25, -0.2) is 4.39 Å². The Bertz CT molecular complexity index is 296. The van der Waals surface area contributed by atoms with E-state index in [1.165, 1.54) is 11.6 Å². The van der Waals surface area contributed by atoms with Gasteiger partial charge in [0.2, 0.25) is 0 Å². The molecule has 0 aromatic heterocycles. The first-order valence-electron chi connectivity index (χ1n) is 4.29. The van der Waals surface area contributed by atoms with Crippen LogP contribution in [0.4, 0.5) is 4.39 Å². The van der Waals surface area contributed by atoms with Crippen molar-refractivity contribution in [3.8, 4) is 0 Å². The van der Waals surface area contributed by atoms with E-state index in [1.54, 1.807) is 6.07 Å². The molecule has 0 amide bonds. The van der Waals surface area contributed by atoms with Gasteiger partial charge in [-0.2, -0.15) is 0 Å². The van der Waals surface area contributed by atoms with E-state index in [2.05, 4.69) is 12.2 Å². The Morgan fingerprint density at radius 2 is 2.33 bits per heavy atom. The Morgan fingerprint density at radius 3 is 3.17 bits per heavy atom. The molecule has 1 aliphatic rings. The molecule has 1 atom stereocenters. The number of rotatable bonds is 0. The minimum Gasteiger partial charge on any atom is -0.310 e. The van der Waals surface area contributed by atoms with E-state index >= 15 is 0 Å². The number of hydrogen-bond acceptors (Lipinski definition) is 1. The summed E-state index contributed by atoms with van der Waals surface area (Å²) in [5, 5.41) is 3.34. The van der Waals surface area contributed by atoms with Crippen LogP contribution in [0, 0.1) is 5.82 Å². The molecule has 1 N–H and O–H groups in total. The summed E-state index contributed by atoms with van der Waals surface area (Å²) in [5.74, 6) is -0.122. The summed E-state index contributed by atoms with van der Waals surface area (Å²) in [4.78, 5) is 0. The van der Waals surface area contributed by atoms with Gasteiger partial charge in [-0.1, -0.05) is 6.07 Å². The number of fused-ring (bicyclic) bond motifs is 1. The maximum absolute atomic E-state index is 12.8. The Morgan fingerprint density at radius 1 is 1.50 bits per heavy atom. The number of nitrogens with one attached hydrogen (secondary N) is 1. The quantitative estimate of drug-likeness (QED) is 0.620. The van der Waals surface area contributed by atoms with Gasteiger partial charge in [-0.3, -0.25) is 0 Å². The van der Waals surface area contributed by atoms with Crippen LogP contribution in [0.15, 0.2) is 18.2 Å². The Kier molecular flexibility index (Phi) is 1.85. The molecule has 0 bridgehead atoms. The third-order valence-electron chi connectivity index (χ3n) is 2.42.